The maximum atomic E-state index is 0. The minimum atomic E-state index is 0. The van der Waals surface area contributed by atoms with Crippen LogP contribution >= 0.6 is 0 Å². The number of rotatable bonds is 0. The molecule has 0 fully saturated rings. The Morgan fingerprint density at radius 2 is 1.00 bits per heavy atom. The zero-order valence-electron chi connectivity index (χ0n) is 0. The largest absolute Gasteiger partial charge is 0.0149 e. The van der Waals surface area contributed by atoms with Gasteiger partial charge in [0.25, 0.3) is 0 Å². The van der Waals surface area contributed by atoms with Crippen molar-refractivity contribution in [2.75, 3.05) is 0 Å². The van der Waals surface area contributed by atoms with Gasteiger partial charge in [-0.1, -0.05) is 0 Å². The van der Waals surface area contributed by atoms with Crippen molar-refractivity contribution >= 4 is 115 Å². The molecule has 0 rings (SSSR count). The van der Waals surface area contributed by atoms with Crippen LogP contribution in [-0.4, -0.2) is 115 Å². The van der Waals surface area contributed by atoms with E-state index in [0.717, 1.165) is 0 Å². The first-order valence-corrected chi connectivity index (χ1v) is 0. The molecule has 0 aliphatic carbocycles. The van der Waals surface area contributed by atoms with Gasteiger partial charge in [0, 0.05) is 0 Å². The van der Waals surface area contributed by atoms with Crippen LogP contribution in [0.15, 0.2) is 0 Å². The first kappa shape index (κ1) is 25.5. The molecule has 0 bridgehead atoms. The van der Waals surface area contributed by atoms with Gasteiger partial charge in [-0.05, 0) is 11.0 Å². The molecule has 0 aromatic heterocycles. The van der Waals surface area contributed by atoms with Gasteiger partial charge < -0.3 is 0 Å². The third-order valence-electron chi connectivity index (χ3n) is 0. The summed E-state index contributed by atoms with van der Waals surface area (Å²) >= 11 is 0. The van der Waals surface area contributed by atoms with Crippen LogP contribution in [0.1, 0.15) is 0 Å². The van der Waals surface area contributed by atoms with Crippen LogP contribution in [0, 0.1) is 0 Å². The quantitative estimate of drug-likeness (QED) is 0.291. The SMILES string of the molecule is [KH].[MgH2].[NaH].[SiH4]. The predicted octanol–water partition coefficient (Wildman–Crippen LogP) is -3.66. The second kappa shape index (κ2) is 16.0. The third-order valence-corrected chi connectivity index (χ3v) is 0. The summed E-state index contributed by atoms with van der Waals surface area (Å²) in [7, 11) is 0. The Balaban J connectivity index is 0. The van der Waals surface area contributed by atoms with Gasteiger partial charge in [0.05, 0.1) is 0 Å². The Morgan fingerprint density at radius 3 is 1.00 bits per heavy atom. The second-order valence-electron chi connectivity index (χ2n) is 0. The van der Waals surface area contributed by atoms with Crippen LogP contribution < -0.4 is 0 Å². The smallest absolute Gasteiger partial charge is 0.0149 e. The fourth-order valence-corrected chi connectivity index (χ4v) is 0. The van der Waals surface area contributed by atoms with Crippen molar-refractivity contribution < 1.29 is 0 Å². The minimum absolute atomic E-state index is 0. The van der Waals surface area contributed by atoms with E-state index >= 15 is 0 Å². The molecule has 0 atom stereocenters. The van der Waals surface area contributed by atoms with Crippen LogP contribution in [-0.2, 0) is 0 Å². The van der Waals surface area contributed by atoms with Crippen LogP contribution in [0.3, 0.4) is 0 Å². The van der Waals surface area contributed by atoms with E-state index in [-0.39, 0.29) is 115 Å². The van der Waals surface area contributed by atoms with Gasteiger partial charge in [0.2, 0.25) is 0 Å². The van der Waals surface area contributed by atoms with Crippen molar-refractivity contribution in [2.45, 2.75) is 0 Å². The van der Waals surface area contributed by atoms with Gasteiger partial charge in [-0.3, -0.25) is 0 Å². The molecule has 0 saturated carbocycles. The van der Waals surface area contributed by atoms with E-state index in [4.69, 9.17) is 0 Å². The molecule has 4 heteroatoms. The van der Waals surface area contributed by atoms with Crippen molar-refractivity contribution in [3.8, 4) is 0 Å². The zero-order valence-corrected chi connectivity index (χ0v) is 0. The molecule has 0 aliphatic heterocycles. The Bertz CT molecular complexity index is 8.00. The van der Waals surface area contributed by atoms with Gasteiger partial charge in [-0.2, -0.15) is 0 Å². The molecular weight excluding hydrogens is 114 g/mol. The van der Waals surface area contributed by atoms with Crippen molar-refractivity contribution in [3.05, 3.63) is 0 Å². The summed E-state index contributed by atoms with van der Waals surface area (Å²) in [6, 6.07) is 0. The molecule has 0 nitrogen and oxygen atoms in total. The molecular formula is H8KMgNaSi. The molecule has 0 spiro atoms. The number of hydrogen-bond acceptors (Lipinski definition) is 0. The molecule has 0 aromatic rings. The number of hydrogen-bond donors (Lipinski definition) is 0. The average Bonchev–Trinajstić information content (AvgIpc) is 0. The van der Waals surface area contributed by atoms with E-state index < -0.39 is 0 Å². The summed E-state index contributed by atoms with van der Waals surface area (Å²) in [6.07, 6.45) is 0. The van der Waals surface area contributed by atoms with Crippen LogP contribution in [0.5, 0.6) is 0 Å². The van der Waals surface area contributed by atoms with Crippen molar-refractivity contribution in [1.82, 2.24) is 0 Å². The van der Waals surface area contributed by atoms with Crippen molar-refractivity contribution in [2.24, 2.45) is 0 Å². The Morgan fingerprint density at radius 1 is 1.00 bits per heavy atom. The van der Waals surface area contributed by atoms with Gasteiger partial charge in [0.15, 0.2) is 0 Å². The second-order valence-corrected chi connectivity index (χ2v) is 0. The Kier molecular flexibility index (Phi) is 102. The maximum Gasteiger partial charge on any atom is -0.0149 e. The summed E-state index contributed by atoms with van der Waals surface area (Å²) in [5, 5.41) is 0. The van der Waals surface area contributed by atoms with E-state index in [1.54, 1.807) is 0 Å². The molecule has 4 heavy (non-hydrogen) atoms. The maximum absolute atomic E-state index is 0. The monoisotopic (exact) mass is 122 g/mol. The fourth-order valence-electron chi connectivity index (χ4n) is 0. The molecule has 0 radical (unpaired) electrons. The molecule has 0 N–H and O–H groups in total. The summed E-state index contributed by atoms with van der Waals surface area (Å²) in [5.74, 6) is 0. The van der Waals surface area contributed by atoms with Gasteiger partial charge in [0.1, 0.15) is 0 Å². The van der Waals surface area contributed by atoms with Gasteiger partial charge in [-0.15, -0.1) is 0 Å². The average molecular weight is 123 g/mol. The van der Waals surface area contributed by atoms with E-state index in [1.165, 1.54) is 0 Å². The topological polar surface area (TPSA) is 0 Å². The summed E-state index contributed by atoms with van der Waals surface area (Å²) in [4.78, 5) is 0. The molecule has 0 amide bonds. The zero-order chi connectivity index (χ0) is 0. The summed E-state index contributed by atoms with van der Waals surface area (Å²) in [5.41, 5.74) is 0. The van der Waals surface area contributed by atoms with E-state index in [9.17, 15) is 0 Å². The standard InChI is InChI=1S/K.Mg.Na.H4Si.4H/h;;;1H4;;;;. The molecule has 0 aliphatic rings. The molecule has 0 saturated heterocycles. The Labute approximate surface area is 112 Å². The third kappa shape index (κ3) is 9.15. The minimum Gasteiger partial charge on any atom is -0.0149 e. The first-order chi connectivity index (χ1) is 0. The van der Waals surface area contributed by atoms with Crippen LogP contribution in [0.4, 0.5) is 0 Å². The fraction of sp³-hybridized carbons (Fsp3) is 0. The summed E-state index contributed by atoms with van der Waals surface area (Å²) < 4.78 is 0. The molecule has 16 valence electrons. The Hall–Kier alpha value is 3.62. The van der Waals surface area contributed by atoms with Gasteiger partial charge >= 0.3 is 104 Å². The summed E-state index contributed by atoms with van der Waals surface area (Å²) in [6.45, 7) is 0. The van der Waals surface area contributed by atoms with E-state index in [0.29, 0.717) is 0 Å². The normalized spacial score (nSPS) is 0. The van der Waals surface area contributed by atoms with E-state index in [1.807, 2.05) is 0 Å². The van der Waals surface area contributed by atoms with Crippen molar-refractivity contribution in [3.63, 3.8) is 0 Å². The molecule has 0 heterocycles. The van der Waals surface area contributed by atoms with Gasteiger partial charge in [-0.25, -0.2) is 0 Å². The van der Waals surface area contributed by atoms with Crippen molar-refractivity contribution in [1.29, 1.82) is 0 Å². The molecule has 0 aromatic carbocycles. The van der Waals surface area contributed by atoms with Crippen LogP contribution in [0.2, 0.25) is 0 Å². The molecule has 0 unspecified atom stereocenters. The first-order valence-electron chi connectivity index (χ1n) is 0. The predicted molar refractivity (Wildman–Crippen MR) is 34.2 cm³/mol. The van der Waals surface area contributed by atoms with Crippen LogP contribution in [0.25, 0.3) is 0 Å². The van der Waals surface area contributed by atoms with E-state index in [2.05, 4.69) is 0 Å².